The van der Waals surface area contributed by atoms with Gasteiger partial charge in [0, 0.05) is 43.9 Å². The highest BCUT2D eigenvalue weighted by Crippen LogP contribution is 2.20. The van der Waals surface area contributed by atoms with Crippen molar-refractivity contribution in [1.82, 2.24) is 20.0 Å². The minimum Gasteiger partial charge on any atom is -0.496 e. The van der Waals surface area contributed by atoms with E-state index in [9.17, 15) is 27.6 Å². The van der Waals surface area contributed by atoms with Crippen LogP contribution in [0.2, 0.25) is 0 Å². The van der Waals surface area contributed by atoms with Gasteiger partial charge in [-0.2, -0.15) is 8.78 Å². The molecule has 1 aliphatic rings. The number of ether oxygens (including phenoxy) is 1. The number of methoxy groups -OCH3 is 1. The molecule has 0 aromatic heterocycles. The first-order valence-electron chi connectivity index (χ1n) is 11.9. The molecule has 1 heterocycles. The number of benzene rings is 2. The third-order valence-corrected chi connectivity index (χ3v) is 6.25. The van der Waals surface area contributed by atoms with Crippen LogP contribution in [0.25, 0.3) is 0 Å². The highest BCUT2D eigenvalue weighted by Gasteiger charge is 2.25. The molecule has 1 saturated heterocycles. The van der Waals surface area contributed by atoms with Crippen LogP contribution in [0.4, 0.5) is 18.0 Å². The third-order valence-electron chi connectivity index (χ3n) is 6.25. The lowest BCUT2D eigenvalue weighted by atomic mass is 10.1. The van der Waals surface area contributed by atoms with Crippen LogP contribution in [-0.2, 0) is 17.8 Å². The van der Waals surface area contributed by atoms with Crippen LogP contribution >= 0.6 is 0 Å². The molecular formula is C26H31F3N4O4. The van der Waals surface area contributed by atoms with Gasteiger partial charge in [0.2, 0.25) is 0 Å². The van der Waals surface area contributed by atoms with Crippen molar-refractivity contribution in [3.05, 3.63) is 65.0 Å². The lowest BCUT2D eigenvalue weighted by Gasteiger charge is -2.36. The zero-order valence-electron chi connectivity index (χ0n) is 20.9. The molecule has 2 aromatic rings. The molecule has 1 N–H and O–H groups in total. The zero-order valence-corrected chi connectivity index (χ0v) is 20.9. The number of carbonyl (C=O) groups excluding carboxylic acids is 3. The van der Waals surface area contributed by atoms with Gasteiger partial charge in [0.15, 0.2) is 5.78 Å². The Kier molecular flexibility index (Phi) is 9.90. The van der Waals surface area contributed by atoms with Crippen molar-refractivity contribution in [2.45, 2.75) is 19.4 Å². The number of likely N-dealkylation sites (N-methyl/N-ethyl adjacent to an activating group) is 1. The minimum atomic E-state index is -3.24. The van der Waals surface area contributed by atoms with E-state index in [1.54, 1.807) is 16.9 Å². The van der Waals surface area contributed by atoms with Crippen molar-refractivity contribution < 1.29 is 32.3 Å². The summed E-state index contributed by atoms with van der Waals surface area (Å²) in [5.41, 5.74) is 1.05. The Hall–Kier alpha value is -3.60. The lowest BCUT2D eigenvalue weighted by molar-refractivity contribution is -0.131. The van der Waals surface area contributed by atoms with Crippen molar-refractivity contribution in [3.63, 3.8) is 0 Å². The van der Waals surface area contributed by atoms with E-state index in [0.29, 0.717) is 31.8 Å². The number of carbonyl (C=O) groups is 3. The highest BCUT2D eigenvalue weighted by molar-refractivity contribution is 5.99. The molecule has 1 aliphatic heterocycles. The molecule has 0 bridgehead atoms. The number of amides is 3. The SMILES string of the molecule is COc1ccccc1CCN(Cc1ccc(C(=O)CNC(=O)C(F)F)cc1F)C(=O)N1CCN(C)CC1. The number of alkyl halides is 2. The maximum absolute atomic E-state index is 15.0. The van der Waals surface area contributed by atoms with E-state index in [2.05, 4.69) is 4.90 Å². The van der Waals surface area contributed by atoms with Gasteiger partial charge in [-0.15, -0.1) is 0 Å². The fraction of sp³-hybridized carbons (Fsp3) is 0.423. The number of para-hydroxylation sites is 1. The van der Waals surface area contributed by atoms with E-state index < -0.39 is 30.5 Å². The molecule has 0 aliphatic carbocycles. The molecule has 0 spiro atoms. The zero-order chi connectivity index (χ0) is 26.9. The Morgan fingerprint density at radius 2 is 1.76 bits per heavy atom. The summed E-state index contributed by atoms with van der Waals surface area (Å²) in [6.45, 7) is 2.20. The van der Waals surface area contributed by atoms with Crippen molar-refractivity contribution in [1.29, 1.82) is 0 Å². The Balaban J connectivity index is 1.75. The number of nitrogens with zero attached hydrogens (tertiary/aromatic N) is 3. The van der Waals surface area contributed by atoms with Gasteiger partial charge < -0.3 is 24.8 Å². The van der Waals surface area contributed by atoms with Crippen molar-refractivity contribution in [2.75, 3.05) is 53.4 Å². The Morgan fingerprint density at radius 1 is 1.05 bits per heavy atom. The summed E-state index contributed by atoms with van der Waals surface area (Å²) in [5, 5.41) is 1.81. The molecule has 3 rings (SSSR count). The first-order chi connectivity index (χ1) is 17.7. The summed E-state index contributed by atoms with van der Waals surface area (Å²) in [5.74, 6) is -2.29. The molecule has 200 valence electrons. The number of nitrogens with one attached hydrogen (secondary N) is 1. The van der Waals surface area contributed by atoms with E-state index in [0.717, 1.165) is 24.7 Å². The van der Waals surface area contributed by atoms with Crippen LogP contribution in [0.5, 0.6) is 5.75 Å². The second-order valence-electron chi connectivity index (χ2n) is 8.80. The first-order valence-corrected chi connectivity index (χ1v) is 11.9. The van der Waals surface area contributed by atoms with E-state index in [4.69, 9.17) is 4.74 Å². The topological polar surface area (TPSA) is 82.2 Å². The summed E-state index contributed by atoms with van der Waals surface area (Å²) < 4.78 is 45.1. The van der Waals surface area contributed by atoms with Gasteiger partial charge in [-0.05, 0) is 31.2 Å². The van der Waals surface area contributed by atoms with Crippen molar-refractivity contribution >= 4 is 17.7 Å². The second kappa shape index (κ2) is 13.1. The Morgan fingerprint density at radius 3 is 2.41 bits per heavy atom. The van der Waals surface area contributed by atoms with E-state index in [-0.39, 0.29) is 23.7 Å². The quantitative estimate of drug-likeness (QED) is 0.488. The molecule has 8 nitrogen and oxygen atoms in total. The second-order valence-corrected chi connectivity index (χ2v) is 8.80. The van der Waals surface area contributed by atoms with Crippen LogP contribution in [0, 0.1) is 5.82 Å². The molecule has 0 saturated carbocycles. The van der Waals surface area contributed by atoms with Gasteiger partial charge >= 0.3 is 12.5 Å². The number of hydrogen-bond donors (Lipinski definition) is 1. The summed E-state index contributed by atoms with van der Waals surface area (Å²) >= 11 is 0. The first kappa shape index (κ1) is 28.0. The summed E-state index contributed by atoms with van der Waals surface area (Å²) in [6, 6.07) is 11.0. The normalized spacial score (nSPS) is 13.9. The van der Waals surface area contributed by atoms with Gasteiger partial charge in [-0.25, -0.2) is 9.18 Å². The summed E-state index contributed by atoms with van der Waals surface area (Å²) in [7, 11) is 3.56. The van der Waals surface area contributed by atoms with Crippen molar-refractivity contribution in [2.24, 2.45) is 0 Å². The van der Waals surface area contributed by atoms with Gasteiger partial charge in [0.1, 0.15) is 11.6 Å². The summed E-state index contributed by atoms with van der Waals surface area (Å²) in [6.07, 6.45) is -2.75. The third kappa shape index (κ3) is 7.69. The van der Waals surface area contributed by atoms with Gasteiger partial charge in [0.05, 0.1) is 20.2 Å². The van der Waals surface area contributed by atoms with Crippen LogP contribution in [-0.4, -0.2) is 92.3 Å². The number of piperazine rings is 1. The fourth-order valence-electron chi connectivity index (χ4n) is 4.01. The Labute approximate surface area is 214 Å². The number of urea groups is 1. The molecule has 1 fully saturated rings. The fourth-order valence-corrected chi connectivity index (χ4v) is 4.01. The molecule has 2 aromatic carbocycles. The smallest absolute Gasteiger partial charge is 0.320 e. The minimum absolute atomic E-state index is 0.0251. The molecule has 0 unspecified atom stereocenters. The molecular weight excluding hydrogens is 489 g/mol. The van der Waals surface area contributed by atoms with Gasteiger partial charge in [-0.3, -0.25) is 9.59 Å². The number of rotatable bonds is 10. The molecule has 37 heavy (non-hydrogen) atoms. The monoisotopic (exact) mass is 520 g/mol. The Bertz CT molecular complexity index is 1110. The predicted octanol–water partition coefficient (Wildman–Crippen LogP) is 2.81. The van der Waals surface area contributed by atoms with Crippen LogP contribution in [0.15, 0.2) is 42.5 Å². The average Bonchev–Trinajstić information content (AvgIpc) is 2.90. The number of ketones is 1. The van der Waals surface area contributed by atoms with Crippen LogP contribution in [0.1, 0.15) is 21.5 Å². The van der Waals surface area contributed by atoms with Gasteiger partial charge in [0.25, 0.3) is 5.91 Å². The lowest BCUT2D eigenvalue weighted by Crippen LogP contribution is -2.52. The maximum atomic E-state index is 15.0. The van der Waals surface area contributed by atoms with Crippen LogP contribution in [0.3, 0.4) is 0 Å². The number of halogens is 3. The highest BCUT2D eigenvalue weighted by atomic mass is 19.3. The number of Topliss-reactive ketones (excluding diaryl/α,β-unsaturated/α-hetero) is 1. The van der Waals surface area contributed by atoms with E-state index in [1.165, 1.54) is 12.1 Å². The maximum Gasteiger partial charge on any atom is 0.320 e. The molecule has 3 amide bonds. The van der Waals surface area contributed by atoms with Crippen LogP contribution < -0.4 is 10.1 Å². The van der Waals surface area contributed by atoms with E-state index >= 15 is 0 Å². The van der Waals surface area contributed by atoms with E-state index in [1.807, 2.05) is 36.6 Å². The van der Waals surface area contributed by atoms with Gasteiger partial charge in [-0.1, -0.05) is 30.3 Å². The predicted molar refractivity (Wildman–Crippen MR) is 131 cm³/mol. The largest absolute Gasteiger partial charge is 0.496 e. The summed E-state index contributed by atoms with van der Waals surface area (Å²) in [4.78, 5) is 42.0. The molecule has 11 heteroatoms. The number of hydrogen-bond acceptors (Lipinski definition) is 5. The molecule has 0 atom stereocenters. The molecule has 0 radical (unpaired) electrons. The van der Waals surface area contributed by atoms with Crippen molar-refractivity contribution in [3.8, 4) is 5.75 Å². The average molecular weight is 521 g/mol. The standard InChI is InChI=1S/C26H31F3N4O4/c1-31-11-13-32(14-12-31)26(36)33(10-9-18-5-3-4-6-23(18)37-2)17-20-8-7-19(15-21(20)27)22(34)16-30-25(35)24(28)29/h3-8,15,24H,9-14,16-17H2,1-2H3,(H,30,35).